The van der Waals surface area contributed by atoms with E-state index >= 15 is 0 Å². The van der Waals surface area contributed by atoms with Crippen molar-refractivity contribution >= 4 is 34.5 Å². The Morgan fingerprint density at radius 3 is 2.61 bits per heavy atom. The van der Waals surface area contributed by atoms with Gasteiger partial charge in [0.2, 0.25) is 0 Å². The highest BCUT2D eigenvalue weighted by atomic mass is 16.5. The number of benzene rings is 1. The van der Waals surface area contributed by atoms with Gasteiger partial charge in [-0.05, 0) is 44.8 Å². The zero-order valence-corrected chi connectivity index (χ0v) is 15.9. The summed E-state index contributed by atoms with van der Waals surface area (Å²) in [5.41, 5.74) is 7.90. The van der Waals surface area contributed by atoms with E-state index < -0.39 is 5.97 Å². The predicted octanol–water partition coefficient (Wildman–Crippen LogP) is 2.03. The maximum Gasteiger partial charge on any atom is 0.341 e. The van der Waals surface area contributed by atoms with Crippen molar-refractivity contribution < 1.29 is 14.3 Å². The molecule has 0 saturated heterocycles. The van der Waals surface area contributed by atoms with Gasteiger partial charge >= 0.3 is 5.97 Å². The fraction of sp³-hybridized carbons (Fsp3) is 0.263. The Kier molecular flexibility index (Phi) is 5.55. The highest BCUT2D eigenvalue weighted by molar-refractivity contribution is 6.08. The van der Waals surface area contributed by atoms with Crippen LogP contribution in [0, 0.1) is 0 Å². The molecule has 0 bridgehead atoms. The Morgan fingerprint density at radius 1 is 1.25 bits per heavy atom. The van der Waals surface area contributed by atoms with Crippen LogP contribution < -0.4 is 11.1 Å². The summed E-state index contributed by atoms with van der Waals surface area (Å²) in [5, 5.41) is 9.97. The number of aromatic amines is 1. The average Bonchev–Trinajstić information content (AvgIpc) is 3.02. The molecule has 0 aliphatic rings. The van der Waals surface area contributed by atoms with E-state index in [4.69, 9.17) is 10.5 Å². The molecule has 0 radical (unpaired) electrons. The zero-order valence-electron chi connectivity index (χ0n) is 15.9. The second-order valence-corrected chi connectivity index (χ2v) is 6.50. The van der Waals surface area contributed by atoms with Crippen LogP contribution in [0.2, 0.25) is 0 Å². The Balaban J connectivity index is 1.84. The van der Waals surface area contributed by atoms with Gasteiger partial charge in [-0.25, -0.2) is 9.78 Å². The number of esters is 1. The van der Waals surface area contributed by atoms with Gasteiger partial charge in [-0.3, -0.25) is 9.89 Å². The van der Waals surface area contributed by atoms with Crippen LogP contribution >= 0.6 is 0 Å². The first-order valence-electron chi connectivity index (χ1n) is 8.75. The van der Waals surface area contributed by atoms with Gasteiger partial charge in [-0.15, -0.1) is 0 Å². The third kappa shape index (κ3) is 4.09. The van der Waals surface area contributed by atoms with Crippen LogP contribution in [0.1, 0.15) is 33.2 Å². The minimum Gasteiger partial charge on any atom is -0.462 e. The number of nitrogen functional groups attached to an aromatic ring is 1. The predicted molar refractivity (Wildman–Crippen MR) is 106 cm³/mol. The van der Waals surface area contributed by atoms with Gasteiger partial charge < -0.3 is 20.7 Å². The third-order valence-corrected chi connectivity index (χ3v) is 4.02. The Labute approximate surface area is 161 Å². The number of nitrogens with two attached hydrogens (primary N) is 1. The summed E-state index contributed by atoms with van der Waals surface area (Å²) in [7, 11) is 3.96. The van der Waals surface area contributed by atoms with Gasteiger partial charge in [-0.2, -0.15) is 5.10 Å². The van der Waals surface area contributed by atoms with Gasteiger partial charge in [0.05, 0.1) is 12.0 Å². The number of ether oxygens (including phenoxy) is 1. The number of carbonyl (C=O) groups is 2. The number of aromatic nitrogens is 3. The lowest BCUT2D eigenvalue weighted by atomic mass is 10.1. The van der Waals surface area contributed by atoms with Crippen molar-refractivity contribution in [1.29, 1.82) is 0 Å². The van der Waals surface area contributed by atoms with Crippen LogP contribution in [0.15, 0.2) is 30.3 Å². The van der Waals surface area contributed by atoms with Crippen molar-refractivity contribution in [2.45, 2.75) is 13.5 Å². The molecule has 2 aromatic heterocycles. The molecular weight excluding hydrogens is 360 g/mol. The van der Waals surface area contributed by atoms with Crippen molar-refractivity contribution in [3.05, 3.63) is 47.0 Å². The number of anilines is 2. The standard InChI is InChI=1S/C19H22N6O3/c1-4-28-19(27)13-9-14-16(21-15(13)20)23-24-17(14)22-18(26)12-7-5-11(6-8-12)10-25(2)3/h5-9H,4,10H2,1-3H3,(H4,20,21,22,23,24,26). The van der Waals surface area contributed by atoms with Crippen LogP contribution in [-0.2, 0) is 11.3 Å². The molecule has 0 aliphatic carbocycles. The highest BCUT2D eigenvalue weighted by Gasteiger charge is 2.18. The van der Waals surface area contributed by atoms with E-state index in [0.29, 0.717) is 16.6 Å². The maximum absolute atomic E-state index is 12.6. The van der Waals surface area contributed by atoms with Crippen LogP contribution in [0.5, 0.6) is 0 Å². The van der Waals surface area contributed by atoms with E-state index in [1.807, 2.05) is 31.1 Å². The molecule has 1 amide bonds. The molecule has 3 aromatic rings. The summed E-state index contributed by atoms with van der Waals surface area (Å²) in [6, 6.07) is 8.82. The van der Waals surface area contributed by atoms with Gasteiger partial charge in [0.1, 0.15) is 11.4 Å². The lowest BCUT2D eigenvalue weighted by Crippen LogP contribution is -2.14. The number of amides is 1. The first-order valence-corrected chi connectivity index (χ1v) is 8.75. The molecule has 0 fully saturated rings. The summed E-state index contributed by atoms with van der Waals surface area (Å²) < 4.78 is 4.98. The van der Waals surface area contributed by atoms with E-state index in [1.165, 1.54) is 6.07 Å². The number of nitrogens with zero attached hydrogens (tertiary/aromatic N) is 3. The van der Waals surface area contributed by atoms with Crippen LogP contribution in [0.25, 0.3) is 11.0 Å². The lowest BCUT2D eigenvalue weighted by molar-refractivity contribution is 0.0527. The van der Waals surface area contributed by atoms with Crippen LogP contribution in [-0.4, -0.2) is 52.7 Å². The zero-order chi connectivity index (χ0) is 20.3. The minimum absolute atomic E-state index is 0.0314. The van der Waals surface area contributed by atoms with Crippen molar-refractivity contribution in [3.8, 4) is 0 Å². The normalized spacial score (nSPS) is 11.0. The molecule has 4 N–H and O–H groups in total. The van der Waals surface area contributed by atoms with Crippen molar-refractivity contribution in [2.75, 3.05) is 31.8 Å². The number of carbonyl (C=O) groups excluding carboxylic acids is 2. The molecule has 3 rings (SSSR count). The molecular formula is C19H22N6O3. The summed E-state index contributed by atoms with van der Waals surface area (Å²) in [6.07, 6.45) is 0. The number of rotatable bonds is 6. The second kappa shape index (κ2) is 8.05. The summed E-state index contributed by atoms with van der Waals surface area (Å²) >= 11 is 0. The molecule has 0 spiro atoms. The van der Waals surface area contributed by atoms with Gasteiger partial charge in [0.15, 0.2) is 11.5 Å². The molecule has 0 atom stereocenters. The first kappa shape index (κ1) is 19.3. The topological polar surface area (TPSA) is 126 Å². The van der Waals surface area contributed by atoms with Crippen molar-refractivity contribution in [1.82, 2.24) is 20.1 Å². The fourth-order valence-corrected chi connectivity index (χ4v) is 2.74. The van der Waals surface area contributed by atoms with Gasteiger partial charge in [-0.1, -0.05) is 12.1 Å². The van der Waals surface area contributed by atoms with E-state index in [0.717, 1.165) is 12.1 Å². The molecule has 0 unspecified atom stereocenters. The quantitative estimate of drug-likeness (QED) is 0.557. The molecule has 0 aliphatic heterocycles. The first-order chi connectivity index (χ1) is 13.4. The van der Waals surface area contributed by atoms with Crippen LogP contribution in [0.3, 0.4) is 0 Å². The lowest BCUT2D eigenvalue weighted by Gasteiger charge is -2.10. The third-order valence-electron chi connectivity index (χ3n) is 4.02. The average molecular weight is 382 g/mol. The van der Waals surface area contributed by atoms with E-state index in [1.54, 1.807) is 19.1 Å². The Morgan fingerprint density at radius 2 is 1.96 bits per heavy atom. The number of nitrogens with one attached hydrogen (secondary N) is 2. The van der Waals surface area contributed by atoms with E-state index in [2.05, 4.69) is 20.5 Å². The molecule has 28 heavy (non-hydrogen) atoms. The maximum atomic E-state index is 12.6. The monoisotopic (exact) mass is 382 g/mol. The minimum atomic E-state index is -0.579. The number of pyridine rings is 1. The molecule has 146 valence electrons. The highest BCUT2D eigenvalue weighted by Crippen LogP contribution is 2.24. The van der Waals surface area contributed by atoms with E-state index in [9.17, 15) is 9.59 Å². The summed E-state index contributed by atoms with van der Waals surface area (Å²) in [4.78, 5) is 30.8. The number of hydrogen-bond acceptors (Lipinski definition) is 7. The van der Waals surface area contributed by atoms with Crippen LogP contribution in [0.4, 0.5) is 11.6 Å². The molecule has 1 aromatic carbocycles. The summed E-state index contributed by atoms with van der Waals surface area (Å²) in [6.45, 7) is 2.71. The summed E-state index contributed by atoms with van der Waals surface area (Å²) in [5.74, 6) is -0.608. The fourth-order valence-electron chi connectivity index (χ4n) is 2.74. The van der Waals surface area contributed by atoms with Crippen molar-refractivity contribution in [2.24, 2.45) is 0 Å². The van der Waals surface area contributed by atoms with Gasteiger partial charge in [0, 0.05) is 12.1 Å². The largest absolute Gasteiger partial charge is 0.462 e. The molecule has 0 saturated carbocycles. The number of hydrogen-bond donors (Lipinski definition) is 3. The Hall–Kier alpha value is -3.46. The molecule has 2 heterocycles. The molecule has 9 heteroatoms. The number of fused-ring (bicyclic) bond motifs is 1. The molecule has 9 nitrogen and oxygen atoms in total. The smallest absolute Gasteiger partial charge is 0.341 e. The number of H-pyrrole nitrogens is 1. The van der Waals surface area contributed by atoms with E-state index in [-0.39, 0.29) is 29.7 Å². The van der Waals surface area contributed by atoms with Gasteiger partial charge in [0.25, 0.3) is 5.91 Å². The Bertz CT molecular complexity index is 1010. The second-order valence-electron chi connectivity index (χ2n) is 6.50. The van der Waals surface area contributed by atoms with Crippen molar-refractivity contribution in [3.63, 3.8) is 0 Å². The SMILES string of the molecule is CCOC(=O)c1cc2c(NC(=O)c3ccc(CN(C)C)cc3)n[nH]c2nc1N.